The van der Waals surface area contributed by atoms with Crippen LogP contribution in [-0.4, -0.2) is 37.0 Å². The number of rotatable bonds is 5. The molecule has 0 saturated carbocycles. The van der Waals surface area contributed by atoms with Gasteiger partial charge < -0.3 is 10.2 Å². The molecule has 1 N–H and O–H groups in total. The molecule has 0 aliphatic carbocycles. The third kappa shape index (κ3) is 4.55. The van der Waals surface area contributed by atoms with Crippen molar-refractivity contribution in [1.29, 1.82) is 0 Å². The highest BCUT2D eigenvalue weighted by Gasteiger charge is 2.27. The van der Waals surface area contributed by atoms with Crippen LogP contribution in [0.15, 0.2) is 28.7 Å². The Balaban J connectivity index is 2.01. The second-order valence-electron chi connectivity index (χ2n) is 5.85. The van der Waals surface area contributed by atoms with Crippen molar-refractivity contribution in [2.75, 3.05) is 20.1 Å². The monoisotopic (exact) mass is 352 g/mol. The summed E-state index contributed by atoms with van der Waals surface area (Å²) in [6, 6.07) is 8.73. The van der Waals surface area contributed by atoms with Crippen molar-refractivity contribution in [1.82, 2.24) is 10.2 Å². The first-order chi connectivity index (χ1) is 10.1. The molecule has 2 rings (SSSR count). The summed E-state index contributed by atoms with van der Waals surface area (Å²) in [6.45, 7) is 3.87. The van der Waals surface area contributed by atoms with Crippen LogP contribution in [0.4, 0.5) is 0 Å². The molecule has 0 spiro atoms. The minimum Gasteiger partial charge on any atom is -0.341 e. The Bertz CT molecular complexity index is 478. The smallest absolute Gasteiger partial charge is 0.226 e. The van der Waals surface area contributed by atoms with E-state index in [0.717, 1.165) is 36.8 Å². The van der Waals surface area contributed by atoms with Crippen molar-refractivity contribution in [3.8, 4) is 0 Å². The molecule has 116 valence electrons. The van der Waals surface area contributed by atoms with Crippen LogP contribution in [-0.2, 0) is 11.2 Å². The maximum atomic E-state index is 12.8. The van der Waals surface area contributed by atoms with Crippen LogP contribution in [0.3, 0.4) is 0 Å². The molecule has 2 atom stereocenters. The molecule has 0 aromatic heterocycles. The van der Waals surface area contributed by atoms with Gasteiger partial charge in [0.05, 0.1) is 0 Å². The lowest BCUT2D eigenvalue weighted by molar-refractivity contribution is -0.137. The van der Waals surface area contributed by atoms with Gasteiger partial charge in [-0.05, 0) is 50.4 Å². The van der Waals surface area contributed by atoms with E-state index < -0.39 is 0 Å². The summed E-state index contributed by atoms with van der Waals surface area (Å²) >= 11 is 3.50. The van der Waals surface area contributed by atoms with Crippen LogP contribution in [0.25, 0.3) is 0 Å². The highest BCUT2D eigenvalue weighted by Crippen LogP contribution is 2.20. The predicted octanol–water partition coefficient (Wildman–Crippen LogP) is 3.23. The molecule has 1 aromatic carbocycles. The maximum absolute atomic E-state index is 12.8. The van der Waals surface area contributed by atoms with Gasteiger partial charge in [0.25, 0.3) is 0 Å². The Labute approximate surface area is 136 Å². The predicted molar refractivity (Wildman–Crippen MR) is 90.3 cm³/mol. The quantitative estimate of drug-likeness (QED) is 0.882. The summed E-state index contributed by atoms with van der Waals surface area (Å²) in [6.07, 6.45) is 3.99. The van der Waals surface area contributed by atoms with Crippen LogP contribution in [0, 0.1) is 5.92 Å². The molecule has 1 aromatic rings. The molecule has 1 fully saturated rings. The maximum Gasteiger partial charge on any atom is 0.226 e. The van der Waals surface area contributed by atoms with Crippen molar-refractivity contribution in [3.05, 3.63) is 34.3 Å². The number of carbonyl (C=O) groups excluding carboxylic acids is 1. The van der Waals surface area contributed by atoms with Crippen LogP contribution >= 0.6 is 15.9 Å². The van der Waals surface area contributed by atoms with Crippen molar-refractivity contribution in [3.63, 3.8) is 0 Å². The van der Waals surface area contributed by atoms with Gasteiger partial charge in [-0.25, -0.2) is 0 Å². The number of hydrogen-bond donors (Lipinski definition) is 1. The molecule has 1 heterocycles. The number of benzene rings is 1. The van der Waals surface area contributed by atoms with Gasteiger partial charge in [0.2, 0.25) is 5.91 Å². The normalized spacial score (nSPS) is 20.3. The summed E-state index contributed by atoms with van der Waals surface area (Å²) in [5.74, 6) is 0.410. The number of likely N-dealkylation sites (tertiary alicyclic amines) is 1. The van der Waals surface area contributed by atoms with Gasteiger partial charge in [0.1, 0.15) is 0 Å². The molecule has 2 unspecified atom stereocenters. The molecular formula is C17H25BrN2O. The largest absolute Gasteiger partial charge is 0.341 e. The topological polar surface area (TPSA) is 32.3 Å². The number of carbonyl (C=O) groups is 1. The molecule has 0 radical (unpaired) electrons. The first-order valence-electron chi connectivity index (χ1n) is 7.84. The standard InChI is InChI=1S/C17H25BrN2O/c1-3-14(10-13-6-4-7-15(18)11-13)17(21)20-9-5-8-16(12-20)19-2/h4,6-7,11,14,16,19H,3,5,8-10,12H2,1-2H3. The van der Waals surface area contributed by atoms with E-state index in [2.05, 4.69) is 45.2 Å². The summed E-state index contributed by atoms with van der Waals surface area (Å²) in [5.41, 5.74) is 1.23. The van der Waals surface area contributed by atoms with Gasteiger partial charge in [0, 0.05) is 29.5 Å². The average Bonchev–Trinajstić information content (AvgIpc) is 2.52. The molecule has 1 amide bonds. The van der Waals surface area contributed by atoms with E-state index in [-0.39, 0.29) is 5.92 Å². The van der Waals surface area contributed by atoms with Crippen LogP contribution in [0.1, 0.15) is 31.7 Å². The summed E-state index contributed by atoms with van der Waals surface area (Å²) in [7, 11) is 1.98. The average molecular weight is 353 g/mol. The fourth-order valence-corrected chi connectivity index (χ4v) is 3.47. The number of halogens is 1. The molecular weight excluding hydrogens is 328 g/mol. The molecule has 0 bridgehead atoms. The van der Waals surface area contributed by atoms with Crippen LogP contribution in [0.2, 0.25) is 0 Å². The fraction of sp³-hybridized carbons (Fsp3) is 0.588. The van der Waals surface area contributed by atoms with E-state index in [9.17, 15) is 4.79 Å². The van der Waals surface area contributed by atoms with Crippen molar-refractivity contribution in [2.24, 2.45) is 5.92 Å². The number of amides is 1. The van der Waals surface area contributed by atoms with E-state index in [1.165, 1.54) is 12.0 Å². The van der Waals surface area contributed by atoms with Gasteiger partial charge in [0.15, 0.2) is 0 Å². The van der Waals surface area contributed by atoms with Gasteiger partial charge in [-0.2, -0.15) is 0 Å². The molecule has 21 heavy (non-hydrogen) atoms. The Hall–Kier alpha value is -0.870. The van der Waals surface area contributed by atoms with Crippen molar-refractivity contribution >= 4 is 21.8 Å². The second-order valence-corrected chi connectivity index (χ2v) is 6.77. The van der Waals surface area contributed by atoms with E-state index in [4.69, 9.17) is 0 Å². The lowest BCUT2D eigenvalue weighted by Crippen LogP contribution is -2.49. The van der Waals surface area contributed by atoms with E-state index in [1.807, 2.05) is 19.2 Å². The first-order valence-corrected chi connectivity index (χ1v) is 8.63. The van der Waals surface area contributed by atoms with Gasteiger partial charge in [-0.1, -0.05) is 35.0 Å². The zero-order valence-corrected chi connectivity index (χ0v) is 14.5. The van der Waals surface area contributed by atoms with Crippen molar-refractivity contribution in [2.45, 2.75) is 38.6 Å². The summed E-state index contributed by atoms with van der Waals surface area (Å²) in [4.78, 5) is 14.8. The molecule has 1 aliphatic heterocycles. The minimum atomic E-state index is 0.0925. The van der Waals surface area contributed by atoms with E-state index >= 15 is 0 Å². The third-order valence-electron chi connectivity index (χ3n) is 4.35. The molecule has 4 heteroatoms. The Morgan fingerprint density at radius 2 is 2.33 bits per heavy atom. The fourth-order valence-electron chi connectivity index (χ4n) is 3.03. The number of nitrogens with one attached hydrogen (secondary N) is 1. The van der Waals surface area contributed by atoms with Gasteiger partial charge in [-0.3, -0.25) is 4.79 Å². The Kier molecular flexibility index (Phi) is 6.24. The summed E-state index contributed by atoms with van der Waals surface area (Å²) < 4.78 is 1.08. The van der Waals surface area contributed by atoms with Crippen LogP contribution in [0.5, 0.6) is 0 Å². The molecule has 1 saturated heterocycles. The van der Waals surface area contributed by atoms with E-state index in [0.29, 0.717) is 11.9 Å². The summed E-state index contributed by atoms with van der Waals surface area (Å²) in [5, 5.41) is 3.30. The number of piperidine rings is 1. The number of nitrogens with zero attached hydrogens (tertiary/aromatic N) is 1. The minimum absolute atomic E-state index is 0.0925. The Morgan fingerprint density at radius 1 is 1.52 bits per heavy atom. The van der Waals surface area contributed by atoms with Crippen molar-refractivity contribution < 1.29 is 4.79 Å². The van der Waals surface area contributed by atoms with E-state index in [1.54, 1.807) is 0 Å². The second kappa shape index (κ2) is 7.95. The molecule has 3 nitrogen and oxygen atoms in total. The van der Waals surface area contributed by atoms with Gasteiger partial charge >= 0.3 is 0 Å². The van der Waals surface area contributed by atoms with Crippen LogP contribution < -0.4 is 5.32 Å². The third-order valence-corrected chi connectivity index (χ3v) is 4.85. The zero-order valence-electron chi connectivity index (χ0n) is 12.9. The first kappa shape index (κ1) is 16.5. The Morgan fingerprint density at radius 3 is 3.00 bits per heavy atom. The lowest BCUT2D eigenvalue weighted by atomic mass is 9.94. The zero-order chi connectivity index (χ0) is 15.2. The number of likely N-dealkylation sites (N-methyl/N-ethyl adjacent to an activating group) is 1. The van der Waals surface area contributed by atoms with Gasteiger partial charge in [-0.15, -0.1) is 0 Å². The highest BCUT2D eigenvalue weighted by molar-refractivity contribution is 9.10. The molecule has 1 aliphatic rings. The SMILES string of the molecule is CCC(Cc1cccc(Br)c1)C(=O)N1CCCC(NC)C1. The lowest BCUT2D eigenvalue weighted by Gasteiger charge is -2.34. The highest BCUT2D eigenvalue weighted by atomic mass is 79.9. The number of hydrogen-bond acceptors (Lipinski definition) is 2.